The van der Waals surface area contributed by atoms with Gasteiger partial charge < -0.3 is 33.6 Å². The van der Waals surface area contributed by atoms with E-state index in [1.807, 2.05) is 19.2 Å². The van der Waals surface area contributed by atoms with Crippen molar-refractivity contribution in [2.24, 2.45) is 23.2 Å². The maximum Gasteiger partial charge on any atom is 0.324 e. The van der Waals surface area contributed by atoms with Crippen molar-refractivity contribution in [1.29, 1.82) is 0 Å². The lowest BCUT2D eigenvalue weighted by Crippen LogP contribution is -2.69. The van der Waals surface area contributed by atoms with Gasteiger partial charge in [-0.2, -0.15) is 0 Å². The van der Waals surface area contributed by atoms with E-state index < -0.39 is 29.5 Å². The summed E-state index contributed by atoms with van der Waals surface area (Å²) < 4.78 is 33.2. The fraction of sp³-hybridized carbons (Fsp3) is 0.635. The van der Waals surface area contributed by atoms with Gasteiger partial charge in [-0.3, -0.25) is 29.3 Å². The Labute approximate surface area is 403 Å². The number of hydrogen-bond donors (Lipinski definition) is 2. The summed E-state index contributed by atoms with van der Waals surface area (Å²) in [7, 11) is 1.71. The van der Waals surface area contributed by atoms with Crippen molar-refractivity contribution in [3.8, 4) is 22.5 Å². The summed E-state index contributed by atoms with van der Waals surface area (Å²) >= 11 is 1.52. The first-order valence-corrected chi connectivity index (χ1v) is 25.9. The van der Waals surface area contributed by atoms with Gasteiger partial charge in [-0.15, -0.1) is 11.3 Å². The molecule has 6 bridgehead atoms. The number of rotatable bonds is 10. The maximum atomic E-state index is 15.2. The van der Waals surface area contributed by atoms with Crippen LogP contribution in [0.3, 0.4) is 0 Å². The van der Waals surface area contributed by atoms with Crippen molar-refractivity contribution >= 4 is 40.0 Å². The zero-order valence-electron chi connectivity index (χ0n) is 40.6. The Kier molecular flexibility index (Phi) is 13.6. The molecule has 8 heterocycles. The second kappa shape index (κ2) is 19.5. The quantitative estimate of drug-likeness (QED) is 0.157. The van der Waals surface area contributed by atoms with Crippen molar-refractivity contribution in [1.82, 2.24) is 35.2 Å². The Hall–Kier alpha value is -4.29. The lowest BCUT2D eigenvalue weighted by molar-refractivity contribution is -0.184. The molecule has 0 radical (unpaired) electrons. The normalized spacial score (nSPS) is 28.2. The lowest BCUT2D eigenvalue weighted by Gasteiger charge is -2.55. The van der Waals surface area contributed by atoms with Gasteiger partial charge in [-0.1, -0.05) is 33.8 Å². The minimum Gasteiger partial charge on any atom is -0.464 e. The average Bonchev–Trinajstić information content (AvgIpc) is 3.59. The van der Waals surface area contributed by atoms with Gasteiger partial charge in [0.2, 0.25) is 5.91 Å². The van der Waals surface area contributed by atoms with Gasteiger partial charge in [-0.25, -0.2) is 10.4 Å². The summed E-state index contributed by atoms with van der Waals surface area (Å²) in [5, 5.41) is 8.73. The van der Waals surface area contributed by atoms with E-state index in [0.717, 1.165) is 81.8 Å². The molecule has 4 aromatic rings. The Morgan fingerprint density at radius 2 is 1.87 bits per heavy atom. The largest absolute Gasteiger partial charge is 0.464 e. The molecule has 15 nitrogen and oxygen atoms in total. The number of hydrogen-bond acceptors (Lipinski definition) is 13. The van der Waals surface area contributed by atoms with Gasteiger partial charge in [0.05, 0.1) is 54.1 Å². The molecule has 2 amide bonds. The van der Waals surface area contributed by atoms with Crippen LogP contribution < -0.4 is 10.7 Å². The van der Waals surface area contributed by atoms with Crippen LogP contribution in [0.1, 0.15) is 108 Å². The minimum atomic E-state index is -0.972. The number of nitrogens with zero attached hydrogens (tertiary/aromatic N) is 5. The molecule has 1 aliphatic carbocycles. The highest BCUT2D eigenvalue weighted by atomic mass is 32.1. The number of benzene rings is 1. The van der Waals surface area contributed by atoms with Crippen molar-refractivity contribution in [3.05, 3.63) is 58.2 Å². The first-order valence-electron chi connectivity index (χ1n) is 25.0. The first-order chi connectivity index (χ1) is 32.8. The fourth-order valence-electron chi connectivity index (χ4n) is 11.5. The Morgan fingerprint density at radius 1 is 1.06 bits per heavy atom. The number of carbonyl (C=O) groups is 3. The third-order valence-electron chi connectivity index (χ3n) is 15.7. The van der Waals surface area contributed by atoms with Crippen LogP contribution >= 0.6 is 11.3 Å². The molecule has 68 heavy (non-hydrogen) atoms. The summed E-state index contributed by atoms with van der Waals surface area (Å²) in [6.45, 7) is 15.5. The van der Waals surface area contributed by atoms with Gasteiger partial charge >= 0.3 is 5.97 Å². The summed E-state index contributed by atoms with van der Waals surface area (Å²) in [6.07, 6.45) is 8.19. The van der Waals surface area contributed by atoms with Gasteiger partial charge in [0.1, 0.15) is 17.1 Å². The van der Waals surface area contributed by atoms with E-state index in [1.54, 1.807) is 12.1 Å². The number of esters is 1. The highest BCUT2D eigenvalue weighted by Gasteiger charge is 2.54. The van der Waals surface area contributed by atoms with Crippen molar-refractivity contribution in [2.45, 2.75) is 128 Å². The van der Waals surface area contributed by atoms with E-state index in [9.17, 15) is 9.59 Å². The molecule has 10 rings (SSSR count). The predicted molar refractivity (Wildman–Crippen MR) is 258 cm³/mol. The minimum absolute atomic E-state index is 0.125. The molecule has 3 aromatic heterocycles. The molecule has 7 atom stereocenters. The molecule has 1 saturated carbocycles. The molecule has 366 valence electrons. The third kappa shape index (κ3) is 9.38. The molecule has 5 fully saturated rings. The van der Waals surface area contributed by atoms with E-state index in [4.69, 9.17) is 33.7 Å². The Balaban J connectivity index is 1.12. The van der Waals surface area contributed by atoms with E-state index in [-0.39, 0.29) is 54.0 Å². The van der Waals surface area contributed by atoms with E-state index >= 15 is 4.79 Å². The van der Waals surface area contributed by atoms with Gasteiger partial charge in [0, 0.05) is 98.0 Å². The number of carbonyl (C=O) groups excluding carboxylic acids is 3. The van der Waals surface area contributed by atoms with Crippen molar-refractivity contribution in [3.63, 3.8) is 0 Å². The molecule has 1 aromatic carbocycles. The highest BCUT2D eigenvalue weighted by Crippen LogP contribution is 2.47. The molecular weight excluding hydrogens is 883 g/mol. The molecule has 1 unspecified atom stereocenters. The van der Waals surface area contributed by atoms with Crippen molar-refractivity contribution in [2.75, 3.05) is 59.8 Å². The van der Waals surface area contributed by atoms with Crippen LogP contribution in [0, 0.1) is 23.2 Å². The second-order valence-corrected chi connectivity index (χ2v) is 22.0. The molecule has 6 aliphatic rings. The number of hydrazine groups is 1. The fourth-order valence-corrected chi connectivity index (χ4v) is 12.5. The number of nitrogens with one attached hydrogen (secondary N) is 2. The van der Waals surface area contributed by atoms with Crippen LogP contribution in [0.4, 0.5) is 0 Å². The molecule has 2 N–H and O–H groups in total. The standard InChI is InChI=1S/C52H69N7O8S/c1-31-32(2)42(31)47(60)55-44-46(57-28-52(29-57)17-7-8-21-67-52)48-54-40(27-68-48)34-13-14-41-37(25-34)38(26-51(4,5)30-66-50(62)39-12-10-19-59(56-39)49(44)61)45(36-11-9-18-53-43(36)33(3)63-6)58(41)20-24-65-35-15-22-64-23-16-35/h9,11,13-14,18,25,27,31-33,35,39,42,44,46,56H,7-8,10,12,15-17,19-24,26,28-30H2,1-6H3,(H,55,60)/t31-,32+,33-,39-,42?,44-,46-/m0/s1. The number of likely N-dealkylation sites (tertiary alicyclic amines) is 1. The summed E-state index contributed by atoms with van der Waals surface area (Å²) in [5.74, 6) is -0.562. The summed E-state index contributed by atoms with van der Waals surface area (Å²) in [4.78, 5) is 56.1. The zero-order chi connectivity index (χ0) is 47.3. The third-order valence-corrected chi connectivity index (χ3v) is 16.6. The lowest BCUT2D eigenvalue weighted by atomic mass is 9.83. The number of ether oxygens (including phenoxy) is 5. The number of thiazole rings is 1. The van der Waals surface area contributed by atoms with Crippen LogP contribution in [-0.2, 0) is 51.0 Å². The summed E-state index contributed by atoms with van der Waals surface area (Å²) in [5.41, 5.74) is 9.21. The monoisotopic (exact) mass is 951 g/mol. The first kappa shape index (κ1) is 47.4. The molecular formula is C52H69N7O8S. The molecule has 16 heteroatoms. The highest BCUT2D eigenvalue weighted by molar-refractivity contribution is 7.10. The van der Waals surface area contributed by atoms with E-state index in [0.29, 0.717) is 71.9 Å². The number of aromatic nitrogens is 3. The number of cyclic esters (lactones) is 1. The smallest absolute Gasteiger partial charge is 0.324 e. The van der Waals surface area contributed by atoms with Gasteiger partial charge in [0.15, 0.2) is 0 Å². The molecule has 4 saturated heterocycles. The Bertz CT molecular complexity index is 2480. The Morgan fingerprint density at radius 3 is 2.62 bits per heavy atom. The number of amides is 2. The number of methoxy groups -OCH3 is 1. The van der Waals surface area contributed by atoms with Crippen molar-refractivity contribution < 1.29 is 38.1 Å². The molecule has 1 spiro atoms. The van der Waals surface area contributed by atoms with Gasteiger partial charge in [0.25, 0.3) is 5.91 Å². The molecule has 5 aliphatic heterocycles. The topological polar surface area (TPSA) is 159 Å². The van der Waals surface area contributed by atoms with Crippen LogP contribution in [0.2, 0.25) is 0 Å². The van der Waals surface area contributed by atoms with E-state index in [2.05, 4.69) is 77.6 Å². The summed E-state index contributed by atoms with van der Waals surface area (Å²) in [6, 6.07) is 8.40. The van der Waals surface area contributed by atoms with Gasteiger partial charge in [-0.05, 0) is 100.0 Å². The predicted octanol–water partition coefficient (Wildman–Crippen LogP) is 7.03. The SMILES string of the molecule is CO[C@@H](C)c1ncccc1-c1c2c3cc(ccc3n1CCOC1CCOCC1)-c1csc(n1)[C@@H](N1CC3(CCCCO3)C1)[C@H](NC(=O)C1[C@@H](C)[C@H]1C)C(=O)N1CCC[C@H](N1)C(=O)OCC(C)(C)C2. The average molecular weight is 952 g/mol. The van der Waals surface area contributed by atoms with Crippen LogP contribution in [0.5, 0.6) is 0 Å². The number of fused-ring (bicyclic) bond motifs is 6. The van der Waals surface area contributed by atoms with Crippen LogP contribution in [0.15, 0.2) is 41.9 Å². The van der Waals surface area contributed by atoms with E-state index in [1.165, 1.54) is 11.3 Å². The zero-order valence-corrected chi connectivity index (χ0v) is 41.4. The number of pyridine rings is 1. The van der Waals surface area contributed by atoms with Crippen LogP contribution in [0.25, 0.3) is 33.4 Å². The van der Waals surface area contributed by atoms with Crippen LogP contribution in [-0.4, -0.2) is 126 Å². The maximum absolute atomic E-state index is 15.2. The second-order valence-electron chi connectivity index (χ2n) is 21.1.